The Balaban J connectivity index is 1.83. The fraction of sp³-hybridized carbons (Fsp3) is 0.214. The molecule has 0 aliphatic rings. The molecule has 0 saturated carbocycles. The summed E-state index contributed by atoms with van der Waals surface area (Å²) in [5, 5.41) is 14.0. The number of hydrogen-bond donors (Lipinski definition) is 2. The summed E-state index contributed by atoms with van der Waals surface area (Å²) in [6.07, 6.45) is 0.871. The van der Waals surface area contributed by atoms with Crippen LogP contribution in [0.5, 0.6) is 0 Å². The number of anilines is 1. The molecule has 3 aromatic rings. The molecule has 0 aliphatic heterocycles. The summed E-state index contributed by atoms with van der Waals surface area (Å²) in [4.78, 5) is 14.9. The minimum atomic E-state index is -0.0727. The monoisotopic (exact) mass is 286 g/mol. The molecule has 0 aliphatic carbocycles. The number of nitrogens with one attached hydrogen (secondary N) is 2. The molecule has 0 unspecified atom stereocenters. The van der Waals surface area contributed by atoms with Crippen molar-refractivity contribution >= 4 is 27.4 Å². The highest BCUT2D eigenvalue weighted by molar-refractivity contribution is 7.15. The molecule has 2 aromatic heterocycles. The van der Waals surface area contributed by atoms with Gasteiger partial charge in [0.25, 0.3) is 5.56 Å². The smallest absolute Gasteiger partial charge is 0.253 e. The Morgan fingerprint density at radius 2 is 2.15 bits per heavy atom. The Kier molecular flexibility index (Phi) is 3.47. The van der Waals surface area contributed by atoms with E-state index in [2.05, 4.69) is 20.5 Å². The number of aromatic amines is 1. The van der Waals surface area contributed by atoms with Gasteiger partial charge in [0.05, 0.1) is 0 Å². The lowest BCUT2D eigenvalue weighted by molar-refractivity contribution is 0.973. The number of para-hydroxylation sites is 1. The summed E-state index contributed by atoms with van der Waals surface area (Å²) in [6, 6.07) is 9.64. The molecule has 0 atom stereocenters. The van der Waals surface area contributed by atoms with E-state index in [1.807, 2.05) is 37.3 Å². The average molecular weight is 286 g/mol. The lowest BCUT2D eigenvalue weighted by atomic mass is 10.1. The Hall–Kier alpha value is -2.21. The van der Waals surface area contributed by atoms with E-state index in [0.717, 1.165) is 27.5 Å². The van der Waals surface area contributed by atoms with Crippen molar-refractivity contribution in [3.05, 3.63) is 51.3 Å². The molecule has 2 N–H and O–H groups in total. The van der Waals surface area contributed by atoms with Crippen LogP contribution in [-0.2, 0) is 13.0 Å². The van der Waals surface area contributed by atoms with E-state index in [4.69, 9.17) is 0 Å². The van der Waals surface area contributed by atoms with Gasteiger partial charge in [0, 0.05) is 17.6 Å². The lowest BCUT2D eigenvalue weighted by Gasteiger charge is -2.03. The molecular formula is C14H14N4OS. The Bertz CT molecular complexity index is 793. The molecule has 1 aromatic carbocycles. The van der Waals surface area contributed by atoms with E-state index in [1.165, 1.54) is 11.3 Å². The van der Waals surface area contributed by atoms with Crippen LogP contribution in [0.25, 0.3) is 10.9 Å². The van der Waals surface area contributed by atoms with Crippen molar-refractivity contribution in [2.45, 2.75) is 19.9 Å². The number of benzene rings is 1. The van der Waals surface area contributed by atoms with Crippen LogP contribution in [0.2, 0.25) is 0 Å². The first kappa shape index (κ1) is 12.8. The second kappa shape index (κ2) is 5.42. The van der Waals surface area contributed by atoms with Crippen LogP contribution in [0.15, 0.2) is 35.1 Å². The molecule has 0 bridgehead atoms. The van der Waals surface area contributed by atoms with Gasteiger partial charge in [-0.2, -0.15) is 0 Å². The van der Waals surface area contributed by atoms with E-state index in [9.17, 15) is 4.79 Å². The number of pyridine rings is 1. The van der Waals surface area contributed by atoms with Crippen LogP contribution in [0.4, 0.5) is 5.13 Å². The van der Waals surface area contributed by atoms with E-state index >= 15 is 0 Å². The third kappa shape index (κ3) is 2.55. The molecule has 0 radical (unpaired) electrons. The lowest BCUT2D eigenvalue weighted by Crippen LogP contribution is -2.15. The van der Waals surface area contributed by atoms with Crippen molar-refractivity contribution in [1.82, 2.24) is 15.2 Å². The summed E-state index contributed by atoms with van der Waals surface area (Å²) in [7, 11) is 0. The number of fused-ring (bicyclic) bond motifs is 1. The number of aryl methyl sites for hydroxylation is 1. The van der Waals surface area contributed by atoms with Gasteiger partial charge in [-0.3, -0.25) is 4.79 Å². The second-order valence-corrected chi connectivity index (χ2v) is 5.48. The van der Waals surface area contributed by atoms with Crippen LogP contribution >= 0.6 is 11.3 Å². The topological polar surface area (TPSA) is 70.7 Å². The zero-order valence-electron chi connectivity index (χ0n) is 11.0. The molecule has 20 heavy (non-hydrogen) atoms. The van der Waals surface area contributed by atoms with Crippen LogP contribution in [0.3, 0.4) is 0 Å². The predicted molar refractivity (Wildman–Crippen MR) is 81.2 cm³/mol. The molecule has 3 rings (SSSR count). The van der Waals surface area contributed by atoms with Crippen molar-refractivity contribution in [3.63, 3.8) is 0 Å². The normalized spacial score (nSPS) is 10.8. The maximum absolute atomic E-state index is 12.0. The predicted octanol–water partition coefficient (Wildman–Crippen LogP) is 2.55. The Labute approximate surface area is 119 Å². The van der Waals surface area contributed by atoms with Crippen molar-refractivity contribution < 1.29 is 0 Å². The third-order valence-electron chi connectivity index (χ3n) is 3.03. The third-order valence-corrected chi connectivity index (χ3v) is 4.06. The van der Waals surface area contributed by atoms with Crippen LogP contribution < -0.4 is 10.9 Å². The minimum absolute atomic E-state index is 0.0727. The molecule has 6 heteroatoms. The SMILES string of the molecule is CCc1nnc(NCc2cc3ccccc3[nH]c2=O)s1. The maximum Gasteiger partial charge on any atom is 0.253 e. The van der Waals surface area contributed by atoms with Gasteiger partial charge < -0.3 is 10.3 Å². The number of nitrogens with zero attached hydrogens (tertiary/aromatic N) is 2. The fourth-order valence-electron chi connectivity index (χ4n) is 1.96. The van der Waals surface area contributed by atoms with Gasteiger partial charge in [-0.1, -0.05) is 36.5 Å². The summed E-state index contributed by atoms with van der Waals surface area (Å²) < 4.78 is 0. The molecule has 5 nitrogen and oxygen atoms in total. The first-order chi connectivity index (χ1) is 9.76. The van der Waals surface area contributed by atoms with Crippen molar-refractivity contribution in [1.29, 1.82) is 0 Å². The van der Waals surface area contributed by atoms with Gasteiger partial charge in [0.15, 0.2) is 0 Å². The molecule has 0 spiro atoms. The first-order valence-corrected chi connectivity index (χ1v) is 7.25. The summed E-state index contributed by atoms with van der Waals surface area (Å²) >= 11 is 1.52. The van der Waals surface area contributed by atoms with Gasteiger partial charge in [-0.15, -0.1) is 10.2 Å². The van der Waals surface area contributed by atoms with Crippen molar-refractivity contribution in [2.24, 2.45) is 0 Å². The molecule has 2 heterocycles. The second-order valence-electron chi connectivity index (χ2n) is 4.42. The fourth-order valence-corrected chi connectivity index (χ4v) is 2.64. The highest BCUT2D eigenvalue weighted by atomic mass is 32.1. The maximum atomic E-state index is 12.0. The largest absolute Gasteiger partial charge is 0.356 e. The Morgan fingerprint density at radius 3 is 2.95 bits per heavy atom. The van der Waals surface area contributed by atoms with Gasteiger partial charge in [-0.25, -0.2) is 0 Å². The van der Waals surface area contributed by atoms with Gasteiger partial charge in [0.1, 0.15) is 5.01 Å². The van der Waals surface area contributed by atoms with E-state index in [-0.39, 0.29) is 5.56 Å². The van der Waals surface area contributed by atoms with Crippen LogP contribution in [0.1, 0.15) is 17.5 Å². The van der Waals surface area contributed by atoms with E-state index in [0.29, 0.717) is 12.1 Å². The zero-order chi connectivity index (χ0) is 13.9. The Morgan fingerprint density at radius 1 is 1.30 bits per heavy atom. The minimum Gasteiger partial charge on any atom is -0.356 e. The molecule has 0 amide bonds. The van der Waals surface area contributed by atoms with Crippen LogP contribution in [-0.4, -0.2) is 15.2 Å². The van der Waals surface area contributed by atoms with E-state index in [1.54, 1.807) is 0 Å². The van der Waals surface area contributed by atoms with E-state index < -0.39 is 0 Å². The van der Waals surface area contributed by atoms with Gasteiger partial charge in [-0.05, 0) is 23.9 Å². The zero-order valence-corrected chi connectivity index (χ0v) is 11.8. The molecule has 0 fully saturated rings. The number of aromatic nitrogens is 3. The number of H-pyrrole nitrogens is 1. The van der Waals surface area contributed by atoms with Crippen molar-refractivity contribution in [2.75, 3.05) is 5.32 Å². The number of hydrogen-bond acceptors (Lipinski definition) is 5. The van der Waals surface area contributed by atoms with Gasteiger partial charge >= 0.3 is 0 Å². The summed E-state index contributed by atoms with van der Waals surface area (Å²) in [5.41, 5.74) is 1.47. The molecule has 0 saturated heterocycles. The molecular weight excluding hydrogens is 272 g/mol. The summed E-state index contributed by atoms with van der Waals surface area (Å²) in [6.45, 7) is 2.48. The molecule has 102 valence electrons. The first-order valence-electron chi connectivity index (χ1n) is 6.43. The highest BCUT2D eigenvalue weighted by Gasteiger charge is 2.05. The number of rotatable bonds is 4. The van der Waals surface area contributed by atoms with Crippen LogP contribution in [0, 0.1) is 0 Å². The highest BCUT2D eigenvalue weighted by Crippen LogP contribution is 2.16. The summed E-state index contributed by atoms with van der Waals surface area (Å²) in [5.74, 6) is 0. The van der Waals surface area contributed by atoms with Gasteiger partial charge in [0.2, 0.25) is 5.13 Å². The standard InChI is InChI=1S/C14H14N4OS/c1-2-12-17-18-14(20-12)15-8-10-7-9-5-3-4-6-11(9)16-13(10)19/h3-7H,2,8H2,1H3,(H,15,18)(H,16,19). The van der Waals surface area contributed by atoms with Crippen molar-refractivity contribution in [3.8, 4) is 0 Å². The average Bonchev–Trinajstić information content (AvgIpc) is 2.93. The quantitative estimate of drug-likeness (QED) is 0.773.